The van der Waals surface area contributed by atoms with Crippen molar-refractivity contribution in [2.24, 2.45) is 12.0 Å². The molecule has 0 spiro atoms. The zero-order valence-corrected chi connectivity index (χ0v) is 15.0. The number of nitro groups is 1. The number of fused-ring (bicyclic) bond motifs is 1. The molecule has 0 saturated carbocycles. The first kappa shape index (κ1) is 17.0. The number of amides is 1. The van der Waals surface area contributed by atoms with Gasteiger partial charge in [0.25, 0.3) is 11.6 Å². The summed E-state index contributed by atoms with van der Waals surface area (Å²) in [5.74, 6) is -0.231. The van der Waals surface area contributed by atoms with E-state index in [1.54, 1.807) is 17.7 Å². The molecule has 0 N–H and O–H groups in total. The second-order valence-corrected chi connectivity index (χ2v) is 6.97. The lowest BCUT2D eigenvalue weighted by Crippen LogP contribution is -2.14. The summed E-state index contributed by atoms with van der Waals surface area (Å²) >= 11 is 1.34. The van der Waals surface area contributed by atoms with Crippen LogP contribution in [-0.4, -0.2) is 15.4 Å². The van der Waals surface area contributed by atoms with Crippen LogP contribution in [0.4, 0.5) is 5.69 Å². The van der Waals surface area contributed by atoms with Crippen molar-refractivity contribution in [3.05, 3.63) is 68.0 Å². The molecule has 0 radical (unpaired) electrons. The Balaban J connectivity index is 1.97. The van der Waals surface area contributed by atoms with Gasteiger partial charge in [-0.1, -0.05) is 35.1 Å². The van der Waals surface area contributed by atoms with Crippen LogP contribution in [0.2, 0.25) is 0 Å². The molecule has 1 amide bonds. The molecule has 0 bridgehead atoms. The topological polar surface area (TPSA) is 77.5 Å². The molecule has 0 aliphatic carbocycles. The van der Waals surface area contributed by atoms with Crippen LogP contribution in [-0.2, 0) is 18.3 Å². The van der Waals surface area contributed by atoms with Crippen LogP contribution in [0.15, 0.2) is 41.4 Å². The standard InChI is InChI=1S/C18H17N3O3S/c1-11-4-5-12(2)13(8-11)9-17(22)19-18-20(3)15-10-14(21(23)24)6-7-16(15)25-18/h4-8,10H,9H2,1-3H3. The van der Waals surface area contributed by atoms with Gasteiger partial charge >= 0.3 is 0 Å². The Morgan fingerprint density at radius 1 is 1.24 bits per heavy atom. The molecular weight excluding hydrogens is 338 g/mol. The zero-order valence-electron chi connectivity index (χ0n) is 14.1. The van der Waals surface area contributed by atoms with Gasteiger partial charge in [-0.3, -0.25) is 14.9 Å². The van der Waals surface area contributed by atoms with Gasteiger partial charge in [0.1, 0.15) is 0 Å². The van der Waals surface area contributed by atoms with E-state index in [1.165, 1.54) is 23.5 Å². The van der Waals surface area contributed by atoms with Crippen molar-refractivity contribution < 1.29 is 9.72 Å². The summed E-state index contributed by atoms with van der Waals surface area (Å²) in [6.07, 6.45) is 0.238. The van der Waals surface area contributed by atoms with Gasteiger partial charge in [0, 0.05) is 19.2 Å². The SMILES string of the molecule is Cc1ccc(C)c(CC(=O)N=c2sc3ccc([N+](=O)[O-])cc3n2C)c1. The van der Waals surface area contributed by atoms with Crippen LogP contribution in [0.1, 0.15) is 16.7 Å². The number of hydrogen-bond donors (Lipinski definition) is 0. The van der Waals surface area contributed by atoms with Crippen molar-refractivity contribution in [3.63, 3.8) is 0 Å². The third kappa shape index (κ3) is 3.51. The molecule has 0 fully saturated rings. The van der Waals surface area contributed by atoms with Crippen molar-refractivity contribution in [1.82, 2.24) is 4.57 Å². The minimum absolute atomic E-state index is 0.0224. The number of aryl methyl sites for hydroxylation is 3. The van der Waals surface area contributed by atoms with E-state index in [0.717, 1.165) is 21.4 Å². The van der Waals surface area contributed by atoms with E-state index in [4.69, 9.17) is 0 Å². The maximum Gasteiger partial charge on any atom is 0.271 e. The van der Waals surface area contributed by atoms with E-state index in [2.05, 4.69) is 4.99 Å². The van der Waals surface area contributed by atoms with Gasteiger partial charge in [-0.15, -0.1) is 0 Å². The smallest absolute Gasteiger partial charge is 0.271 e. The molecule has 3 aromatic rings. The van der Waals surface area contributed by atoms with E-state index in [9.17, 15) is 14.9 Å². The number of non-ortho nitro benzene ring substituents is 1. The number of thiazole rings is 1. The average molecular weight is 355 g/mol. The molecule has 0 unspecified atom stereocenters. The Hall–Kier alpha value is -2.80. The fourth-order valence-corrected chi connectivity index (χ4v) is 3.65. The van der Waals surface area contributed by atoms with Crippen LogP contribution in [0, 0.1) is 24.0 Å². The maximum absolute atomic E-state index is 12.4. The van der Waals surface area contributed by atoms with E-state index in [0.29, 0.717) is 10.3 Å². The Bertz CT molecular complexity index is 1060. The lowest BCUT2D eigenvalue weighted by atomic mass is 10.0. The van der Waals surface area contributed by atoms with Gasteiger partial charge in [0.15, 0.2) is 4.80 Å². The van der Waals surface area contributed by atoms with Crippen LogP contribution < -0.4 is 4.80 Å². The number of nitro benzene ring substituents is 1. The summed E-state index contributed by atoms with van der Waals surface area (Å²) in [6, 6.07) is 10.7. The summed E-state index contributed by atoms with van der Waals surface area (Å²) in [4.78, 5) is 27.6. The predicted octanol–water partition coefficient (Wildman–Crippen LogP) is 3.43. The number of carbonyl (C=O) groups excluding carboxylic acids is 1. The fourth-order valence-electron chi connectivity index (χ4n) is 2.64. The van der Waals surface area contributed by atoms with E-state index in [-0.39, 0.29) is 18.0 Å². The summed E-state index contributed by atoms with van der Waals surface area (Å²) in [7, 11) is 1.76. The number of aromatic nitrogens is 1. The average Bonchev–Trinajstić information content (AvgIpc) is 2.86. The molecule has 0 saturated heterocycles. The highest BCUT2D eigenvalue weighted by Crippen LogP contribution is 2.22. The molecule has 3 rings (SSSR count). The van der Waals surface area contributed by atoms with Crippen molar-refractivity contribution in [2.75, 3.05) is 0 Å². The molecule has 1 aromatic heterocycles. The lowest BCUT2D eigenvalue weighted by Gasteiger charge is -2.04. The first-order valence-corrected chi connectivity index (χ1v) is 8.54. The Kier molecular flexibility index (Phi) is 4.50. The van der Waals surface area contributed by atoms with Crippen molar-refractivity contribution in [2.45, 2.75) is 20.3 Å². The van der Waals surface area contributed by atoms with E-state index < -0.39 is 4.92 Å². The maximum atomic E-state index is 12.4. The van der Waals surface area contributed by atoms with Gasteiger partial charge in [0.05, 0.1) is 21.6 Å². The lowest BCUT2D eigenvalue weighted by molar-refractivity contribution is -0.384. The highest BCUT2D eigenvalue weighted by atomic mass is 32.1. The molecular formula is C18H17N3O3S. The third-order valence-electron chi connectivity index (χ3n) is 4.07. The summed E-state index contributed by atoms with van der Waals surface area (Å²) in [6.45, 7) is 3.96. The number of rotatable bonds is 3. The predicted molar refractivity (Wildman–Crippen MR) is 97.6 cm³/mol. The molecule has 128 valence electrons. The van der Waals surface area contributed by atoms with Gasteiger partial charge in [-0.05, 0) is 31.0 Å². The molecule has 7 heteroatoms. The zero-order chi connectivity index (χ0) is 18.1. The van der Waals surface area contributed by atoms with Gasteiger partial charge in [-0.2, -0.15) is 4.99 Å². The molecule has 1 heterocycles. The van der Waals surface area contributed by atoms with Gasteiger partial charge in [0.2, 0.25) is 0 Å². The van der Waals surface area contributed by atoms with Crippen LogP contribution >= 0.6 is 11.3 Å². The summed E-state index contributed by atoms with van der Waals surface area (Å²) < 4.78 is 2.57. The molecule has 2 aromatic carbocycles. The highest BCUT2D eigenvalue weighted by molar-refractivity contribution is 7.16. The minimum atomic E-state index is -0.431. The molecule has 0 aliphatic heterocycles. The molecule has 25 heavy (non-hydrogen) atoms. The van der Waals surface area contributed by atoms with Crippen molar-refractivity contribution in [1.29, 1.82) is 0 Å². The molecule has 0 atom stereocenters. The van der Waals surface area contributed by atoms with E-state index in [1.807, 2.05) is 32.0 Å². The summed E-state index contributed by atoms with van der Waals surface area (Å²) in [5.41, 5.74) is 3.85. The number of hydrogen-bond acceptors (Lipinski definition) is 4. The van der Waals surface area contributed by atoms with E-state index >= 15 is 0 Å². The van der Waals surface area contributed by atoms with Crippen LogP contribution in [0.3, 0.4) is 0 Å². The van der Waals surface area contributed by atoms with Crippen LogP contribution in [0.25, 0.3) is 10.2 Å². The number of benzene rings is 2. The number of carbonyl (C=O) groups is 1. The molecule has 6 nitrogen and oxygen atoms in total. The van der Waals surface area contributed by atoms with Gasteiger partial charge in [-0.25, -0.2) is 0 Å². The second kappa shape index (κ2) is 6.60. The summed E-state index contributed by atoms with van der Waals surface area (Å²) in [5, 5.41) is 10.9. The molecule has 0 aliphatic rings. The van der Waals surface area contributed by atoms with Crippen molar-refractivity contribution in [3.8, 4) is 0 Å². The normalized spacial score (nSPS) is 11.9. The monoisotopic (exact) mass is 355 g/mol. The largest absolute Gasteiger partial charge is 0.319 e. The van der Waals surface area contributed by atoms with Crippen LogP contribution in [0.5, 0.6) is 0 Å². The first-order chi connectivity index (χ1) is 11.8. The first-order valence-electron chi connectivity index (χ1n) is 7.73. The Labute approximate surface area is 148 Å². The van der Waals surface area contributed by atoms with Gasteiger partial charge < -0.3 is 4.57 Å². The number of nitrogens with zero attached hydrogens (tertiary/aromatic N) is 3. The fraction of sp³-hybridized carbons (Fsp3) is 0.222. The Morgan fingerprint density at radius 3 is 2.72 bits per heavy atom. The Morgan fingerprint density at radius 2 is 2.00 bits per heavy atom. The second-order valence-electron chi connectivity index (χ2n) is 5.97. The highest BCUT2D eigenvalue weighted by Gasteiger charge is 2.11. The third-order valence-corrected chi connectivity index (χ3v) is 5.18. The minimum Gasteiger partial charge on any atom is -0.319 e. The quantitative estimate of drug-likeness (QED) is 0.533. The van der Waals surface area contributed by atoms with Crippen molar-refractivity contribution >= 4 is 33.1 Å².